The van der Waals surface area contributed by atoms with Gasteiger partial charge in [-0.05, 0) is 37.6 Å². The third-order valence-electron chi connectivity index (χ3n) is 2.61. The number of carbonyl (C=O) groups excluding carboxylic acids is 2. The summed E-state index contributed by atoms with van der Waals surface area (Å²) in [6, 6.07) is 5.26. The fourth-order valence-corrected chi connectivity index (χ4v) is 1.48. The van der Waals surface area contributed by atoms with E-state index in [1.54, 1.807) is 18.2 Å². The van der Waals surface area contributed by atoms with Crippen molar-refractivity contribution in [1.29, 1.82) is 0 Å². The predicted octanol–water partition coefficient (Wildman–Crippen LogP) is 2.34. The zero-order valence-corrected chi connectivity index (χ0v) is 11.3. The normalized spacial score (nSPS) is 10.3. The number of hydrogen-bond donors (Lipinski definition) is 2. The second-order valence-electron chi connectivity index (χ2n) is 4.53. The number of rotatable bonds is 4. The predicted molar refractivity (Wildman–Crippen MR) is 72.7 cm³/mol. The van der Waals surface area contributed by atoms with Crippen LogP contribution in [0.15, 0.2) is 18.2 Å². The topological polar surface area (TPSA) is 58.2 Å². The van der Waals surface area contributed by atoms with Gasteiger partial charge in [-0.1, -0.05) is 13.8 Å². The highest BCUT2D eigenvalue weighted by Gasteiger charge is 2.10. The maximum atomic E-state index is 11.6. The van der Waals surface area contributed by atoms with Gasteiger partial charge in [-0.15, -0.1) is 0 Å². The van der Waals surface area contributed by atoms with Crippen LogP contribution in [0.25, 0.3) is 0 Å². The number of hydrogen-bond acceptors (Lipinski definition) is 2. The van der Waals surface area contributed by atoms with Crippen LogP contribution in [0.1, 0.15) is 36.7 Å². The van der Waals surface area contributed by atoms with Crippen molar-refractivity contribution in [2.24, 2.45) is 5.92 Å². The summed E-state index contributed by atoms with van der Waals surface area (Å²) >= 11 is 0. The van der Waals surface area contributed by atoms with Crippen molar-refractivity contribution in [3.05, 3.63) is 29.3 Å². The molecule has 0 aliphatic heterocycles. The first-order valence-electron chi connectivity index (χ1n) is 6.15. The summed E-state index contributed by atoms with van der Waals surface area (Å²) in [5.74, 6) is -0.182. The molecular weight excluding hydrogens is 228 g/mol. The van der Waals surface area contributed by atoms with E-state index in [4.69, 9.17) is 0 Å². The first-order chi connectivity index (χ1) is 8.45. The van der Waals surface area contributed by atoms with Gasteiger partial charge in [0.1, 0.15) is 0 Å². The van der Waals surface area contributed by atoms with E-state index in [1.807, 2.05) is 27.7 Å². The van der Waals surface area contributed by atoms with E-state index in [2.05, 4.69) is 10.6 Å². The van der Waals surface area contributed by atoms with Crippen LogP contribution in [0.2, 0.25) is 0 Å². The molecule has 98 valence electrons. The van der Waals surface area contributed by atoms with Gasteiger partial charge >= 0.3 is 0 Å². The molecular formula is C14H20N2O2. The average Bonchev–Trinajstić information content (AvgIpc) is 2.31. The lowest BCUT2D eigenvalue weighted by atomic mass is 10.1. The molecule has 0 fully saturated rings. The Labute approximate surface area is 108 Å². The molecule has 0 aliphatic rings. The van der Waals surface area contributed by atoms with E-state index in [1.165, 1.54) is 0 Å². The summed E-state index contributed by atoms with van der Waals surface area (Å²) in [4.78, 5) is 23.2. The minimum atomic E-state index is -0.0951. The van der Waals surface area contributed by atoms with Gasteiger partial charge in [-0.3, -0.25) is 9.59 Å². The average molecular weight is 248 g/mol. The minimum absolute atomic E-state index is 0.0242. The van der Waals surface area contributed by atoms with Crippen molar-refractivity contribution >= 4 is 17.5 Å². The molecule has 0 atom stereocenters. The van der Waals surface area contributed by atoms with Crippen molar-refractivity contribution in [3.63, 3.8) is 0 Å². The molecule has 1 aromatic carbocycles. The van der Waals surface area contributed by atoms with Crippen LogP contribution >= 0.6 is 0 Å². The van der Waals surface area contributed by atoms with Gasteiger partial charge in [0.15, 0.2) is 0 Å². The number of amides is 2. The summed E-state index contributed by atoms with van der Waals surface area (Å²) in [7, 11) is 0. The highest BCUT2D eigenvalue weighted by Crippen LogP contribution is 2.17. The van der Waals surface area contributed by atoms with Crippen LogP contribution in [0, 0.1) is 12.8 Å². The fraction of sp³-hybridized carbons (Fsp3) is 0.429. The Kier molecular flexibility index (Phi) is 4.89. The Balaban J connectivity index is 2.86. The molecule has 0 saturated heterocycles. The van der Waals surface area contributed by atoms with E-state index < -0.39 is 0 Å². The Morgan fingerprint density at radius 1 is 1.28 bits per heavy atom. The summed E-state index contributed by atoms with van der Waals surface area (Å²) in [6.45, 7) is 8.03. The molecule has 18 heavy (non-hydrogen) atoms. The van der Waals surface area contributed by atoms with Crippen LogP contribution in [-0.4, -0.2) is 18.4 Å². The molecule has 0 spiro atoms. The van der Waals surface area contributed by atoms with E-state index in [0.717, 1.165) is 11.3 Å². The third-order valence-corrected chi connectivity index (χ3v) is 2.61. The number of benzene rings is 1. The summed E-state index contributed by atoms with van der Waals surface area (Å²) in [6.07, 6.45) is 0. The first kappa shape index (κ1) is 14.2. The SMILES string of the molecule is CCNC(=O)c1ccc(NC(=O)C(C)C)c(C)c1. The molecule has 0 aromatic heterocycles. The lowest BCUT2D eigenvalue weighted by Gasteiger charge is -2.11. The van der Waals surface area contributed by atoms with E-state index in [-0.39, 0.29) is 17.7 Å². The molecule has 2 N–H and O–H groups in total. The molecule has 0 unspecified atom stereocenters. The van der Waals surface area contributed by atoms with Crippen LogP contribution < -0.4 is 10.6 Å². The van der Waals surface area contributed by atoms with Gasteiger partial charge in [0, 0.05) is 23.7 Å². The van der Waals surface area contributed by atoms with Gasteiger partial charge in [-0.25, -0.2) is 0 Å². The molecule has 0 bridgehead atoms. The van der Waals surface area contributed by atoms with Crippen LogP contribution in [0.5, 0.6) is 0 Å². The number of carbonyl (C=O) groups is 2. The van der Waals surface area contributed by atoms with Gasteiger partial charge in [0.2, 0.25) is 5.91 Å². The number of nitrogens with one attached hydrogen (secondary N) is 2. The largest absolute Gasteiger partial charge is 0.352 e. The highest BCUT2D eigenvalue weighted by atomic mass is 16.2. The Hall–Kier alpha value is -1.84. The van der Waals surface area contributed by atoms with Crippen molar-refractivity contribution < 1.29 is 9.59 Å². The molecule has 0 heterocycles. The molecule has 0 aliphatic carbocycles. The van der Waals surface area contributed by atoms with Crippen molar-refractivity contribution in [1.82, 2.24) is 5.32 Å². The molecule has 4 nitrogen and oxygen atoms in total. The van der Waals surface area contributed by atoms with Crippen LogP contribution in [0.3, 0.4) is 0 Å². The van der Waals surface area contributed by atoms with Gasteiger partial charge in [0.25, 0.3) is 5.91 Å². The molecule has 0 radical (unpaired) electrons. The van der Waals surface area contributed by atoms with Crippen molar-refractivity contribution in [3.8, 4) is 0 Å². The quantitative estimate of drug-likeness (QED) is 0.859. The zero-order chi connectivity index (χ0) is 13.7. The standard InChI is InChI=1S/C14H20N2O2/c1-5-15-14(18)11-6-7-12(10(4)8-11)16-13(17)9(2)3/h6-9H,5H2,1-4H3,(H,15,18)(H,16,17). The number of aryl methyl sites for hydroxylation is 1. The second-order valence-corrected chi connectivity index (χ2v) is 4.53. The van der Waals surface area contributed by atoms with Crippen LogP contribution in [0.4, 0.5) is 5.69 Å². The van der Waals surface area contributed by atoms with Crippen molar-refractivity contribution in [2.75, 3.05) is 11.9 Å². The van der Waals surface area contributed by atoms with Crippen LogP contribution in [-0.2, 0) is 4.79 Å². The highest BCUT2D eigenvalue weighted by molar-refractivity contribution is 5.96. The fourth-order valence-electron chi connectivity index (χ4n) is 1.48. The summed E-state index contributed by atoms with van der Waals surface area (Å²) in [5, 5.41) is 5.58. The molecule has 0 saturated carbocycles. The maximum absolute atomic E-state index is 11.6. The van der Waals surface area contributed by atoms with Gasteiger partial charge in [-0.2, -0.15) is 0 Å². The second kappa shape index (κ2) is 6.19. The van der Waals surface area contributed by atoms with E-state index >= 15 is 0 Å². The lowest BCUT2D eigenvalue weighted by molar-refractivity contribution is -0.118. The van der Waals surface area contributed by atoms with E-state index in [0.29, 0.717) is 12.1 Å². The monoisotopic (exact) mass is 248 g/mol. The van der Waals surface area contributed by atoms with Crippen molar-refractivity contribution in [2.45, 2.75) is 27.7 Å². The Morgan fingerprint density at radius 3 is 2.44 bits per heavy atom. The minimum Gasteiger partial charge on any atom is -0.352 e. The summed E-state index contributed by atoms with van der Waals surface area (Å²) < 4.78 is 0. The van der Waals surface area contributed by atoms with Gasteiger partial charge in [0.05, 0.1) is 0 Å². The third kappa shape index (κ3) is 3.58. The Bertz CT molecular complexity index is 453. The molecule has 2 amide bonds. The summed E-state index contributed by atoms with van der Waals surface area (Å²) in [5.41, 5.74) is 2.24. The Morgan fingerprint density at radius 2 is 1.94 bits per heavy atom. The van der Waals surface area contributed by atoms with E-state index in [9.17, 15) is 9.59 Å². The number of anilines is 1. The molecule has 4 heteroatoms. The lowest BCUT2D eigenvalue weighted by Crippen LogP contribution is -2.23. The molecule has 1 rings (SSSR count). The zero-order valence-electron chi connectivity index (χ0n) is 11.3. The smallest absolute Gasteiger partial charge is 0.251 e. The molecule has 1 aromatic rings. The first-order valence-corrected chi connectivity index (χ1v) is 6.15. The maximum Gasteiger partial charge on any atom is 0.251 e. The van der Waals surface area contributed by atoms with Gasteiger partial charge < -0.3 is 10.6 Å².